The van der Waals surface area contributed by atoms with Gasteiger partial charge in [0, 0.05) is 51.8 Å². The second-order valence-corrected chi connectivity index (χ2v) is 9.78. The standard InChI is InChI=1S/C25H39O.Y/c1-26-25-17-9-20(10-18-25)6-5-19-7-11-22(12-8-19)24-15-13-23(14-16-24)21-3-2-4-21;/h9,19-25H,2-4,7-8,10-18H2,1H3;/q-1;. The molecule has 4 aliphatic carbocycles. The Morgan fingerprint density at radius 3 is 1.67 bits per heavy atom. The van der Waals surface area contributed by atoms with Crippen molar-refractivity contribution in [1.29, 1.82) is 0 Å². The van der Waals surface area contributed by atoms with Crippen molar-refractivity contribution in [3.05, 3.63) is 6.42 Å². The zero-order valence-electron chi connectivity index (χ0n) is 17.5. The van der Waals surface area contributed by atoms with Gasteiger partial charge in [0.2, 0.25) is 0 Å². The normalized spacial score (nSPS) is 40.2. The summed E-state index contributed by atoms with van der Waals surface area (Å²) in [6, 6.07) is 0. The van der Waals surface area contributed by atoms with Crippen molar-refractivity contribution in [2.45, 2.75) is 96.0 Å². The molecule has 2 unspecified atom stereocenters. The molecule has 0 aromatic carbocycles. The van der Waals surface area contributed by atoms with E-state index in [1.54, 1.807) is 38.5 Å². The van der Waals surface area contributed by atoms with Crippen LogP contribution in [0.3, 0.4) is 0 Å². The Morgan fingerprint density at radius 1 is 0.667 bits per heavy atom. The Balaban J connectivity index is 0.00000210. The van der Waals surface area contributed by atoms with Crippen molar-refractivity contribution in [3.63, 3.8) is 0 Å². The van der Waals surface area contributed by atoms with Gasteiger partial charge in [-0.15, -0.1) is 17.8 Å². The van der Waals surface area contributed by atoms with E-state index >= 15 is 0 Å². The van der Waals surface area contributed by atoms with Crippen LogP contribution in [0.15, 0.2) is 0 Å². The summed E-state index contributed by atoms with van der Waals surface area (Å²) in [7, 11) is 1.84. The predicted octanol–water partition coefficient (Wildman–Crippen LogP) is 6.42. The monoisotopic (exact) mass is 444 g/mol. The average molecular weight is 444 g/mol. The average Bonchev–Trinajstić information content (AvgIpc) is 2.66. The molecule has 1 radical (unpaired) electrons. The maximum absolute atomic E-state index is 5.45. The molecule has 0 aliphatic heterocycles. The Morgan fingerprint density at radius 2 is 1.22 bits per heavy atom. The van der Waals surface area contributed by atoms with Crippen LogP contribution < -0.4 is 0 Å². The molecule has 0 bridgehead atoms. The molecule has 0 heterocycles. The quantitative estimate of drug-likeness (QED) is 0.361. The van der Waals surface area contributed by atoms with E-state index in [4.69, 9.17) is 4.74 Å². The number of methoxy groups -OCH3 is 1. The van der Waals surface area contributed by atoms with E-state index in [0.29, 0.717) is 17.9 Å². The van der Waals surface area contributed by atoms with Crippen LogP contribution in [0.2, 0.25) is 0 Å². The fourth-order valence-corrected chi connectivity index (χ4v) is 6.22. The second-order valence-electron chi connectivity index (χ2n) is 9.78. The smallest absolute Gasteiger partial charge is 0.0357 e. The van der Waals surface area contributed by atoms with Gasteiger partial charge < -0.3 is 11.2 Å². The van der Waals surface area contributed by atoms with Gasteiger partial charge >= 0.3 is 0 Å². The first-order valence-electron chi connectivity index (χ1n) is 11.7. The molecule has 27 heavy (non-hydrogen) atoms. The molecule has 149 valence electrons. The zero-order chi connectivity index (χ0) is 17.8. The summed E-state index contributed by atoms with van der Waals surface area (Å²) in [5.41, 5.74) is 0. The van der Waals surface area contributed by atoms with Gasteiger partial charge in [0.15, 0.2) is 0 Å². The Bertz CT molecular complexity index is 478. The number of rotatable bonds is 3. The molecule has 4 rings (SSSR count). The van der Waals surface area contributed by atoms with Gasteiger partial charge in [-0.05, 0) is 81.5 Å². The van der Waals surface area contributed by atoms with Crippen LogP contribution in [0, 0.1) is 53.8 Å². The molecule has 0 amide bonds. The molecule has 0 saturated heterocycles. The van der Waals surface area contributed by atoms with Crippen molar-refractivity contribution < 1.29 is 37.4 Å². The van der Waals surface area contributed by atoms with E-state index in [2.05, 4.69) is 18.3 Å². The van der Waals surface area contributed by atoms with Crippen LogP contribution in [0.25, 0.3) is 0 Å². The molecule has 0 spiro atoms. The van der Waals surface area contributed by atoms with Gasteiger partial charge in [-0.2, -0.15) is 6.42 Å². The summed E-state index contributed by atoms with van der Waals surface area (Å²) in [4.78, 5) is 0. The topological polar surface area (TPSA) is 9.23 Å². The van der Waals surface area contributed by atoms with E-state index in [1.165, 1.54) is 44.9 Å². The fraction of sp³-hybridized carbons (Fsp3) is 0.880. The predicted molar refractivity (Wildman–Crippen MR) is 108 cm³/mol. The van der Waals surface area contributed by atoms with E-state index in [1.807, 2.05) is 7.11 Å². The summed E-state index contributed by atoms with van der Waals surface area (Å²) in [5.74, 6) is 12.8. The Kier molecular flexibility index (Phi) is 9.20. The van der Waals surface area contributed by atoms with Crippen LogP contribution in [0.1, 0.15) is 89.9 Å². The molecule has 0 aromatic rings. The van der Waals surface area contributed by atoms with Crippen molar-refractivity contribution in [2.24, 2.45) is 35.5 Å². The largest absolute Gasteiger partial charge is 0.384 e. The summed E-state index contributed by atoms with van der Waals surface area (Å²) in [6.07, 6.45) is 22.8. The van der Waals surface area contributed by atoms with Crippen molar-refractivity contribution >= 4 is 0 Å². The van der Waals surface area contributed by atoms with E-state index in [9.17, 15) is 0 Å². The maximum atomic E-state index is 5.45. The summed E-state index contributed by atoms with van der Waals surface area (Å²) >= 11 is 0. The second kappa shape index (κ2) is 11.1. The van der Waals surface area contributed by atoms with Crippen LogP contribution in [0.5, 0.6) is 0 Å². The Labute approximate surface area is 193 Å². The minimum absolute atomic E-state index is 0. The number of hydrogen-bond acceptors (Lipinski definition) is 1. The van der Waals surface area contributed by atoms with Gasteiger partial charge in [0.05, 0.1) is 0 Å². The SMILES string of the molecule is COC1C[CH-]C(C#CC2CCC(C3CCC(C4CCC4)CC3)CC2)CC1.[Y]. The van der Waals surface area contributed by atoms with Crippen LogP contribution in [-0.4, -0.2) is 13.2 Å². The van der Waals surface area contributed by atoms with Crippen LogP contribution >= 0.6 is 0 Å². The summed E-state index contributed by atoms with van der Waals surface area (Å²) in [5, 5.41) is 0. The van der Waals surface area contributed by atoms with Gasteiger partial charge in [0.25, 0.3) is 0 Å². The van der Waals surface area contributed by atoms with Crippen LogP contribution in [-0.2, 0) is 37.4 Å². The zero-order valence-corrected chi connectivity index (χ0v) is 20.3. The summed E-state index contributed by atoms with van der Waals surface area (Å²) < 4.78 is 5.45. The molecule has 0 aromatic heterocycles. The molecule has 4 fully saturated rings. The van der Waals surface area contributed by atoms with E-state index in [-0.39, 0.29) is 32.7 Å². The third-order valence-electron chi connectivity index (χ3n) is 8.36. The maximum Gasteiger partial charge on any atom is 0.0357 e. The van der Waals surface area contributed by atoms with E-state index in [0.717, 1.165) is 30.1 Å². The van der Waals surface area contributed by atoms with Crippen molar-refractivity contribution in [1.82, 2.24) is 0 Å². The fourth-order valence-electron chi connectivity index (χ4n) is 6.22. The minimum Gasteiger partial charge on any atom is -0.384 e. The first-order valence-corrected chi connectivity index (χ1v) is 11.7. The third-order valence-corrected chi connectivity index (χ3v) is 8.36. The molecular weight excluding hydrogens is 405 g/mol. The van der Waals surface area contributed by atoms with Crippen molar-refractivity contribution in [3.8, 4) is 11.8 Å². The third kappa shape index (κ3) is 6.06. The first kappa shape index (κ1) is 22.3. The number of hydrogen-bond donors (Lipinski definition) is 0. The first-order chi connectivity index (χ1) is 12.8. The van der Waals surface area contributed by atoms with E-state index < -0.39 is 0 Å². The molecular formula is C25H39OY-. The molecule has 0 N–H and O–H groups in total. The van der Waals surface area contributed by atoms with Crippen molar-refractivity contribution in [2.75, 3.05) is 7.11 Å². The Hall–Kier alpha value is 0.624. The molecule has 4 aliphatic rings. The minimum atomic E-state index is 0. The van der Waals surface area contributed by atoms with Gasteiger partial charge in [0.1, 0.15) is 0 Å². The molecule has 1 nitrogen and oxygen atoms in total. The summed E-state index contributed by atoms with van der Waals surface area (Å²) in [6.45, 7) is 0. The molecule has 4 saturated carbocycles. The van der Waals surface area contributed by atoms with Gasteiger partial charge in [-0.3, -0.25) is 0 Å². The number of ether oxygens (including phenoxy) is 1. The van der Waals surface area contributed by atoms with Gasteiger partial charge in [-0.25, -0.2) is 0 Å². The van der Waals surface area contributed by atoms with Crippen LogP contribution in [0.4, 0.5) is 0 Å². The van der Waals surface area contributed by atoms with Gasteiger partial charge in [-0.1, -0.05) is 25.7 Å². The molecule has 2 atom stereocenters. The molecule has 2 heteroatoms.